The van der Waals surface area contributed by atoms with Gasteiger partial charge in [-0.05, 0) is 56.9 Å². The molecule has 0 bridgehead atoms. The van der Waals surface area contributed by atoms with Gasteiger partial charge >= 0.3 is 12.0 Å². The van der Waals surface area contributed by atoms with E-state index in [0.717, 1.165) is 31.4 Å². The second-order valence-electron chi connectivity index (χ2n) is 5.30. The summed E-state index contributed by atoms with van der Waals surface area (Å²) in [5.41, 5.74) is 1.65. The summed E-state index contributed by atoms with van der Waals surface area (Å²) in [4.78, 5) is 25.0. The number of carbonyl (C=O) groups is 2. The first-order valence-corrected chi connectivity index (χ1v) is 6.90. The van der Waals surface area contributed by atoms with E-state index in [0.29, 0.717) is 5.69 Å². The monoisotopic (exact) mass is 276 g/mol. The molecule has 1 aliphatic rings. The van der Waals surface area contributed by atoms with Gasteiger partial charge in [0.15, 0.2) is 0 Å². The first-order valence-electron chi connectivity index (χ1n) is 6.90. The number of likely N-dealkylation sites (tertiary alicyclic amines) is 1. The van der Waals surface area contributed by atoms with Gasteiger partial charge in [0.2, 0.25) is 0 Å². The predicted molar refractivity (Wildman–Crippen MR) is 77.2 cm³/mol. The number of urea groups is 1. The number of aromatic carboxylic acids is 1. The molecule has 5 nitrogen and oxygen atoms in total. The average Bonchev–Trinajstić information content (AvgIpc) is 2.41. The van der Waals surface area contributed by atoms with Gasteiger partial charge in [-0.25, -0.2) is 9.59 Å². The van der Waals surface area contributed by atoms with Crippen LogP contribution < -0.4 is 5.32 Å². The maximum atomic E-state index is 12.2. The third-order valence-electron chi connectivity index (χ3n) is 3.78. The zero-order valence-electron chi connectivity index (χ0n) is 11.8. The highest BCUT2D eigenvalue weighted by atomic mass is 16.4. The molecule has 0 saturated carbocycles. The Morgan fingerprint density at radius 3 is 2.70 bits per heavy atom. The van der Waals surface area contributed by atoms with Gasteiger partial charge in [-0.2, -0.15) is 0 Å². The van der Waals surface area contributed by atoms with Crippen molar-refractivity contribution >= 4 is 17.7 Å². The summed E-state index contributed by atoms with van der Waals surface area (Å²) in [5.74, 6) is -0.962. The van der Waals surface area contributed by atoms with Crippen LogP contribution in [0.15, 0.2) is 18.2 Å². The number of carboxylic acids is 1. The Kier molecular flexibility index (Phi) is 4.27. The predicted octanol–water partition coefficient (Wildman–Crippen LogP) is 3.10. The lowest BCUT2D eigenvalue weighted by molar-refractivity contribution is 0.0697. The standard InChI is InChI=1S/C15H20N2O3/c1-10-9-12(14(18)19)6-7-13(10)16-15(20)17-8-4-3-5-11(17)2/h6-7,9,11H,3-5,8H2,1-2H3,(H,16,20)(H,18,19). The van der Waals surface area contributed by atoms with E-state index in [1.807, 2.05) is 4.90 Å². The molecule has 1 aromatic rings. The molecule has 1 fully saturated rings. The summed E-state index contributed by atoms with van der Waals surface area (Å²) in [5, 5.41) is 11.8. The van der Waals surface area contributed by atoms with Crippen LogP contribution in [0.2, 0.25) is 0 Å². The molecule has 20 heavy (non-hydrogen) atoms. The van der Waals surface area contributed by atoms with E-state index in [-0.39, 0.29) is 17.6 Å². The molecule has 5 heteroatoms. The summed E-state index contributed by atoms with van der Waals surface area (Å²) < 4.78 is 0. The van der Waals surface area contributed by atoms with E-state index >= 15 is 0 Å². The van der Waals surface area contributed by atoms with E-state index in [1.54, 1.807) is 19.1 Å². The molecule has 1 heterocycles. The van der Waals surface area contributed by atoms with Gasteiger partial charge in [-0.15, -0.1) is 0 Å². The van der Waals surface area contributed by atoms with Gasteiger partial charge in [0.1, 0.15) is 0 Å². The van der Waals surface area contributed by atoms with E-state index in [4.69, 9.17) is 5.11 Å². The first-order chi connectivity index (χ1) is 9.49. The minimum atomic E-state index is -0.962. The second kappa shape index (κ2) is 5.94. The molecule has 0 aromatic heterocycles. The van der Waals surface area contributed by atoms with Crippen molar-refractivity contribution in [2.75, 3.05) is 11.9 Å². The summed E-state index contributed by atoms with van der Waals surface area (Å²) in [7, 11) is 0. The molecular formula is C15H20N2O3. The van der Waals surface area contributed by atoms with Gasteiger partial charge in [0.25, 0.3) is 0 Å². The highest BCUT2D eigenvalue weighted by molar-refractivity contribution is 5.92. The van der Waals surface area contributed by atoms with Crippen molar-refractivity contribution in [3.8, 4) is 0 Å². The zero-order valence-corrected chi connectivity index (χ0v) is 11.8. The maximum Gasteiger partial charge on any atom is 0.335 e. The number of benzene rings is 1. The van der Waals surface area contributed by atoms with Crippen LogP contribution in [0.4, 0.5) is 10.5 Å². The van der Waals surface area contributed by atoms with E-state index in [2.05, 4.69) is 12.2 Å². The number of carbonyl (C=O) groups excluding carboxylic acids is 1. The van der Waals surface area contributed by atoms with E-state index in [9.17, 15) is 9.59 Å². The smallest absolute Gasteiger partial charge is 0.335 e. The van der Waals surface area contributed by atoms with Crippen molar-refractivity contribution in [1.29, 1.82) is 0 Å². The molecule has 1 aliphatic heterocycles. The molecule has 1 saturated heterocycles. The lowest BCUT2D eigenvalue weighted by atomic mass is 10.0. The van der Waals surface area contributed by atoms with Crippen LogP contribution in [0, 0.1) is 6.92 Å². The number of rotatable bonds is 2. The topological polar surface area (TPSA) is 69.6 Å². The quantitative estimate of drug-likeness (QED) is 0.872. The summed E-state index contributed by atoms with van der Waals surface area (Å²) in [6.07, 6.45) is 3.23. The van der Waals surface area contributed by atoms with Crippen LogP contribution in [0.25, 0.3) is 0 Å². The number of amides is 2. The highest BCUT2D eigenvalue weighted by Gasteiger charge is 2.23. The van der Waals surface area contributed by atoms with Crippen molar-refractivity contribution in [2.24, 2.45) is 0 Å². The minimum Gasteiger partial charge on any atom is -0.478 e. The molecule has 2 amide bonds. The molecule has 1 unspecified atom stereocenters. The Morgan fingerprint density at radius 1 is 1.35 bits per heavy atom. The summed E-state index contributed by atoms with van der Waals surface area (Å²) in [6.45, 7) is 4.63. The van der Waals surface area contributed by atoms with Crippen LogP contribution >= 0.6 is 0 Å². The Morgan fingerprint density at radius 2 is 2.10 bits per heavy atom. The third kappa shape index (κ3) is 3.10. The van der Waals surface area contributed by atoms with Crippen molar-refractivity contribution in [3.63, 3.8) is 0 Å². The number of nitrogens with zero attached hydrogens (tertiary/aromatic N) is 1. The van der Waals surface area contributed by atoms with Gasteiger partial charge in [-0.1, -0.05) is 0 Å². The zero-order chi connectivity index (χ0) is 14.7. The van der Waals surface area contributed by atoms with Crippen molar-refractivity contribution in [1.82, 2.24) is 4.90 Å². The number of hydrogen-bond acceptors (Lipinski definition) is 2. The largest absolute Gasteiger partial charge is 0.478 e. The number of nitrogens with one attached hydrogen (secondary N) is 1. The van der Waals surface area contributed by atoms with Crippen LogP contribution in [0.3, 0.4) is 0 Å². The Balaban J connectivity index is 2.09. The fourth-order valence-corrected chi connectivity index (χ4v) is 2.52. The summed E-state index contributed by atoms with van der Waals surface area (Å²) in [6, 6.07) is 4.86. The van der Waals surface area contributed by atoms with E-state index in [1.165, 1.54) is 6.07 Å². The van der Waals surface area contributed by atoms with Crippen LogP contribution in [-0.2, 0) is 0 Å². The lowest BCUT2D eigenvalue weighted by Gasteiger charge is -2.33. The SMILES string of the molecule is Cc1cc(C(=O)O)ccc1NC(=O)N1CCCCC1C. The van der Waals surface area contributed by atoms with Gasteiger partial charge < -0.3 is 15.3 Å². The molecule has 0 spiro atoms. The average molecular weight is 276 g/mol. The molecule has 2 N–H and O–H groups in total. The fraction of sp³-hybridized carbons (Fsp3) is 0.467. The number of carboxylic acid groups (broad SMARTS) is 1. The lowest BCUT2D eigenvalue weighted by Crippen LogP contribution is -2.44. The Bertz CT molecular complexity index is 528. The fourth-order valence-electron chi connectivity index (χ4n) is 2.52. The third-order valence-corrected chi connectivity index (χ3v) is 3.78. The van der Waals surface area contributed by atoms with Gasteiger partial charge in [0.05, 0.1) is 5.56 Å². The number of hydrogen-bond donors (Lipinski definition) is 2. The van der Waals surface area contributed by atoms with Gasteiger partial charge in [-0.3, -0.25) is 0 Å². The Labute approximate surface area is 118 Å². The van der Waals surface area contributed by atoms with E-state index < -0.39 is 5.97 Å². The molecular weight excluding hydrogens is 256 g/mol. The molecule has 2 rings (SSSR count). The van der Waals surface area contributed by atoms with Crippen LogP contribution in [0.1, 0.15) is 42.1 Å². The van der Waals surface area contributed by atoms with Crippen LogP contribution in [-0.4, -0.2) is 34.6 Å². The maximum absolute atomic E-state index is 12.2. The van der Waals surface area contributed by atoms with Crippen molar-refractivity contribution < 1.29 is 14.7 Å². The molecule has 1 atom stereocenters. The molecule has 0 aliphatic carbocycles. The number of piperidine rings is 1. The van der Waals surface area contributed by atoms with Crippen molar-refractivity contribution in [2.45, 2.75) is 39.2 Å². The highest BCUT2D eigenvalue weighted by Crippen LogP contribution is 2.20. The first kappa shape index (κ1) is 14.4. The van der Waals surface area contributed by atoms with Crippen molar-refractivity contribution in [3.05, 3.63) is 29.3 Å². The molecule has 0 radical (unpaired) electrons. The van der Waals surface area contributed by atoms with Gasteiger partial charge in [0, 0.05) is 18.3 Å². The minimum absolute atomic E-state index is 0.108. The van der Waals surface area contributed by atoms with Crippen LogP contribution in [0.5, 0.6) is 0 Å². The second-order valence-corrected chi connectivity index (χ2v) is 5.30. The Hall–Kier alpha value is -2.04. The normalized spacial score (nSPS) is 18.7. The molecule has 108 valence electrons. The summed E-state index contributed by atoms with van der Waals surface area (Å²) >= 11 is 0. The number of aryl methyl sites for hydroxylation is 1. The molecule has 1 aromatic carbocycles. The number of anilines is 1.